The van der Waals surface area contributed by atoms with E-state index in [1.807, 2.05) is 49.4 Å². The molecule has 0 bridgehead atoms. The first kappa shape index (κ1) is 19.0. The van der Waals surface area contributed by atoms with Crippen LogP contribution < -0.4 is 10.1 Å². The second kappa shape index (κ2) is 8.33. The number of carbonyl (C=O) groups excluding carboxylic acids is 1. The molecule has 0 radical (unpaired) electrons. The molecule has 2 aromatic carbocycles. The van der Waals surface area contributed by atoms with E-state index in [9.17, 15) is 4.79 Å². The molecule has 1 fully saturated rings. The monoisotopic (exact) mass is 412 g/mol. The van der Waals surface area contributed by atoms with Crippen molar-refractivity contribution < 1.29 is 9.53 Å². The molecule has 6 heteroatoms. The van der Waals surface area contributed by atoms with Gasteiger partial charge in [-0.05, 0) is 61.2 Å². The molecule has 1 heterocycles. The van der Waals surface area contributed by atoms with Gasteiger partial charge in [-0.1, -0.05) is 30.2 Å². The fourth-order valence-electron chi connectivity index (χ4n) is 3.09. The number of nitrogens with zero attached hydrogens (tertiary/aromatic N) is 1. The van der Waals surface area contributed by atoms with Crippen LogP contribution in [0.15, 0.2) is 47.8 Å². The van der Waals surface area contributed by atoms with Crippen molar-refractivity contribution in [2.75, 3.05) is 5.32 Å². The third-order valence-corrected chi connectivity index (χ3v) is 6.02. The zero-order chi connectivity index (χ0) is 19.5. The van der Waals surface area contributed by atoms with Gasteiger partial charge >= 0.3 is 0 Å². The van der Waals surface area contributed by atoms with E-state index in [4.69, 9.17) is 16.3 Å². The largest absolute Gasteiger partial charge is 0.489 e. The molecule has 0 saturated heterocycles. The van der Waals surface area contributed by atoms with E-state index >= 15 is 0 Å². The molecule has 3 aromatic rings. The SMILES string of the molecule is Cc1cc(Cl)ccc1OCc1ccc(C(=O)Nc2nc(C3CCC3)cs2)cc1. The van der Waals surface area contributed by atoms with Crippen molar-refractivity contribution >= 4 is 34.0 Å². The Bertz CT molecular complexity index is 980. The summed E-state index contributed by atoms with van der Waals surface area (Å²) in [5.74, 6) is 1.23. The van der Waals surface area contributed by atoms with Crippen LogP contribution in [0.3, 0.4) is 0 Å². The fourth-order valence-corrected chi connectivity index (χ4v) is 4.11. The summed E-state index contributed by atoms with van der Waals surface area (Å²) in [5, 5.41) is 6.31. The minimum absolute atomic E-state index is 0.143. The second-order valence-corrected chi connectivity index (χ2v) is 8.35. The predicted octanol–water partition coefficient (Wildman–Crippen LogP) is 6.20. The summed E-state index contributed by atoms with van der Waals surface area (Å²) in [6.07, 6.45) is 3.68. The average Bonchev–Trinajstić information content (AvgIpc) is 3.07. The van der Waals surface area contributed by atoms with Gasteiger partial charge in [-0.25, -0.2) is 4.98 Å². The average molecular weight is 413 g/mol. The van der Waals surface area contributed by atoms with E-state index in [0.29, 0.717) is 28.2 Å². The van der Waals surface area contributed by atoms with Crippen LogP contribution in [0.2, 0.25) is 5.02 Å². The van der Waals surface area contributed by atoms with Crippen molar-refractivity contribution in [3.63, 3.8) is 0 Å². The number of thiazole rings is 1. The molecule has 1 aliphatic carbocycles. The van der Waals surface area contributed by atoms with Gasteiger partial charge in [0.25, 0.3) is 5.91 Å². The van der Waals surface area contributed by atoms with Crippen LogP contribution in [0.1, 0.15) is 52.4 Å². The van der Waals surface area contributed by atoms with E-state index < -0.39 is 0 Å². The molecule has 1 amide bonds. The summed E-state index contributed by atoms with van der Waals surface area (Å²) in [6.45, 7) is 2.39. The number of hydrogen-bond acceptors (Lipinski definition) is 4. The summed E-state index contributed by atoms with van der Waals surface area (Å²) in [7, 11) is 0. The molecule has 1 N–H and O–H groups in total. The third-order valence-electron chi connectivity index (χ3n) is 5.01. The molecule has 4 rings (SSSR count). The molecule has 4 nitrogen and oxygen atoms in total. The highest BCUT2D eigenvalue weighted by Gasteiger charge is 2.22. The van der Waals surface area contributed by atoms with E-state index in [-0.39, 0.29) is 5.91 Å². The Morgan fingerprint density at radius 1 is 1.25 bits per heavy atom. The standard InChI is InChI=1S/C22H21ClN2O2S/c1-14-11-18(23)9-10-20(14)27-12-15-5-7-17(8-6-15)21(26)25-22-24-19(13-28-22)16-3-2-4-16/h5-11,13,16H,2-4,12H2,1H3,(H,24,25,26). The van der Waals surface area contributed by atoms with Crippen LogP contribution in [-0.2, 0) is 6.61 Å². The van der Waals surface area contributed by atoms with E-state index in [0.717, 1.165) is 22.6 Å². The van der Waals surface area contributed by atoms with Crippen LogP contribution in [-0.4, -0.2) is 10.9 Å². The second-order valence-electron chi connectivity index (χ2n) is 7.05. The predicted molar refractivity (Wildman–Crippen MR) is 114 cm³/mol. The summed E-state index contributed by atoms with van der Waals surface area (Å²) in [5.41, 5.74) is 3.70. The minimum atomic E-state index is -0.143. The number of anilines is 1. The summed E-state index contributed by atoms with van der Waals surface area (Å²) < 4.78 is 5.85. The van der Waals surface area contributed by atoms with Gasteiger partial charge in [0.05, 0.1) is 5.69 Å². The number of aryl methyl sites for hydroxylation is 1. The quantitative estimate of drug-likeness (QED) is 0.524. The van der Waals surface area contributed by atoms with Crippen molar-refractivity contribution in [1.82, 2.24) is 4.98 Å². The van der Waals surface area contributed by atoms with Crippen molar-refractivity contribution in [2.24, 2.45) is 0 Å². The number of aromatic nitrogens is 1. The van der Waals surface area contributed by atoms with Crippen molar-refractivity contribution in [3.05, 3.63) is 75.3 Å². The van der Waals surface area contributed by atoms with Crippen LogP contribution >= 0.6 is 22.9 Å². The molecular weight excluding hydrogens is 392 g/mol. The van der Waals surface area contributed by atoms with Gasteiger partial charge in [-0.2, -0.15) is 0 Å². The first-order chi connectivity index (χ1) is 13.6. The minimum Gasteiger partial charge on any atom is -0.489 e. The van der Waals surface area contributed by atoms with Crippen LogP contribution in [0.4, 0.5) is 5.13 Å². The van der Waals surface area contributed by atoms with Crippen molar-refractivity contribution in [2.45, 2.75) is 38.7 Å². The highest BCUT2D eigenvalue weighted by Crippen LogP contribution is 2.37. The van der Waals surface area contributed by atoms with Gasteiger partial charge in [0, 0.05) is 21.9 Å². The van der Waals surface area contributed by atoms with E-state index in [2.05, 4.69) is 15.7 Å². The highest BCUT2D eigenvalue weighted by atomic mass is 35.5. The van der Waals surface area contributed by atoms with Gasteiger partial charge in [-0.3, -0.25) is 10.1 Å². The number of halogens is 1. The number of carbonyl (C=O) groups is 1. The lowest BCUT2D eigenvalue weighted by atomic mass is 9.83. The lowest BCUT2D eigenvalue weighted by molar-refractivity contribution is 0.102. The molecule has 0 unspecified atom stereocenters. The highest BCUT2D eigenvalue weighted by molar-refractivity contribution is 7.14. The van der Waals surface area contributed by atoms with E-state index in [1.54, 1.807) is 0 Å². The van der Waals surface area contributed by atoms with E-state index in [1.165, 1.54) is 30.6 Å². The molecule has 0 spiro atoms. The maximum Gasteiger partial charge on any atom is 0.257 e. The molecule has 1 saturated carbocycles. The lowest BCUT2D eigenvalue weighted by Gasteiger charge is -2.22. The fraction of sp³-hybridized carbons (Fsp3) is 0.273. The zero-order valence-corrected chi connectivity index (χ0v) is 17.1. The summed E-state index contributed by atoms with van der Waals surface area (Å²) in [4.78, 5) is 17.0. The van der Waals surface area contributed by atoms with Crippen molar-refractivity contribution in [1.29, 1.82) is 0 Å². The van der Waals surface area contributed by atoms with Gasteiger partial charge in [-0.15, -0.1) is 11.3 Å². The first-order valence-corrected chi connectivity index (χ1v) is 10.6. The molecule has 1 aliphatic rings. The Morgan fingerprint density at radius 2 is 2.04 bits per heavy atom. The van der Waals surface area contributed by atoms with Crippen molar-refractivity contribution in [3.8, 4) is 5.75 Å². The Morgan fingerprint density at radius 3 is 2.71 bits per heavy atom. The number of ether oxygens (including phenoxy) is 1. The molecule has 0 atom stereocenters. The summed E-state index contributed by atoms with van der Waals surface area (Å²) >= 11 is 7.46. The van der Waals surface area contributed by atoms with Crippen LogP contribution in [0.25, 0.3) is 0 Å². The van der Waals surface area contributed by atoms with Gasteiger partial charge in [0.1, 0.15) is 12.4 Å². The number of rotatable bonds is 6. The number of benzene rings is 2. The lowest BCUT2D eigenvalue weighted by Crippen LogP contribution is -2.13. The number of hydrogen-bond donors (Lipinski definition) is 1. The molecule has 0 aliphatic heterocycles. The smallest absolute Gasteiger partial charge is 0.257 e. The van der Waals surface area contributed by atoms with Gasteiger partial charge < -0.3 is 4.74 Å². The topological polar surface area (TPSA) is 51.2 Å². The maximum atomic E-state index is 12.5. The van der Waals surface area contributed by atoms with Crippen LogP contribution in [0, 0.1) is 6.92 Å². The summed E-state index contributed by atoms with van der Waals surface area (Å²) in [6, 6.07) is 13.0. The third kappa shape index (κ3) is 4.37. The molecule has 28 heavy (non-hydrogen) atoms. The maximum absolute atomic E-state index is 12.5. The number of amides is 1. The Kier molecular flexibility index (Phi) is 5.64. The molecular formula is C22H21ClN2O2S. The molecule has 1 aromatic heterocycles. The Labute approximate surface area is 173 Å². The normalized spacial score (nSPS) is 13.8. The van der Waals surface area contributed by atoms with Gasteiger partial charge in [0.2, 0.25) is 0 Å². The zero-order valence-electron chi connectivity index (χ0n) is 15.6. The first-order valence-electron chi connectivity index (χ1n) is 9.33. The Hall–Kier alpha value is -2.37. The Balaban J connectivity index is 1.34. The molecule has 144 valence electrons. The van der Waals surface area contributed by atoms with Crippen LogP contribution in [0.5, 0.6) is 5.75 Å². The van der Waals surface area contributed by atoms with Gasteiger partial charge in [0.15, 0.2) is 5.13 Å². The number of nitrogens with one attached hydrogen (secondary N) is 1.